The number of carbonyl (C=O) groups is 1. The fourth-order valence-corrected chi connectivity index (χ4v) is 0.321. The first-order valence-corrected chi connectivity index (χ1v) is 2.68. The highest BCUT2D eigenvalue weighted by Crippen LogP contribution is 1.69. The van der Waals surface area contributed by atoms with Gasteiger partial charge in [0.15, 0.2) is 0 Å². The molecule has 2 N–H and O–H groups in total. The van der Waals surface area contributed by atoms with Crippen LogP contribution in [0.3, 0.4) is 0 Å². The number of esters is 1. The van der Waals surface area contributed by atoms with E-state index in [1.165, 1.54) is 6.92 Å². The van der Waals surface area contributed by atoms with Crippen LogP contribution in [0.2, 0.25) is 0 Å². The first-order chi connectivity index (χ1) is 3.77. The molecule has 0 bridgehead atoms. The minimum atomic E-state index is -0.202. The van der Waals surface area contributed by atoms with E-state index in [0.29, 0.717) is 6.61 Å². The van der Waals surface area contributed by atoms with Crippen LogP contribution in [0, 0.1) is 0 Å². The van der Waals surface area contributed by atoms with Gasteiger partial charge in [-0.2, -0.15) is 0 Å². The molecule has 0 saturated carbocycles. The summed E-state index contributed by atoms with van der Waals surface area (Å²) < 4.78 is 4.61. The van der Waals surface area contributed by atoms with Crippen molar-refractivity contribution < 1.29 is 14.8 Å². The van der Waals surface area contributed by atoms with Crippen molar-refractivity contribution in [1.29, 1.82) is 0 Å². The van der Waals surface area contributed by atoms with Crippen molar-refractivity contribution in [1.82, 2.24) is 0 Å². The number of carbonyl (C=O) groups excluding carboxylic acids is 1. The standard InChI is InChI=1S/C5H11NO2/c1-5(7)8-4-3-6-2/h6H,3-4H2,1-2H3/p+1. The second-order valence-electron chi connectivity index (χ2n) is 1.54. The molecule has 0 aliphatic heterocycles. The van der Waals surface area contributed by atoms with Crippen molar-refractivity contribution in [3.8, 4) is 0 Å². The molecule has 0 radical (unpaired) electrons. The minimum absolute atomic E-state index is 0.202. The van der Waals surface area contributed by atoms with Gasteiger partial charge in [-0.3, -0.25) is 4.79 Å². The molecule has 8 heavy (non-hydrogen) atoms. The molecule has 0 rings (SSSR count). The zero-order valence-electron chi connectivity index (χ0n) is 5.31. The molecule has 0 unspecified atom stereocenters. The summed E-state index contributed by atoms with van der Waals surface area (Å²) in [5.74, 6) is -0.202. The molecule has 0 atom stereocenters. The fraction of sp³-hybridized carbons (Fsp3) is 0.800. The zero-order chi connectivity index (χ0) is 6.41. The molecule has 0 fully saturated rings. The van der Waals surface area contributed by atoms with Gasteiger partial charge in [0.2, 0.25) is 0 Å². The van der Waals surface area contributed by atoms with Crippen LogP contribution in [0.1, 0.15) is 6.92 Å². The number of rotatable bonds is 3. The molecule has 0 aromatic carbocycles. The molecule has 0 aromatic heterocycles. The Bertz CT molecular complexity index is 72.8. The lowest BCUT2D eigenvalue weighted by Crippen LogP contribution is -2.80. The second-order valence-corrected chi connectivity index (χ2v) is 1.54. The van der Waals surface area contributed by atoms with Gasteiger partial charge >= 0.3 is 5.97 Å². The van der Waals surface area contributed by atoms with Crippen molar-refractivity contribution >= 4 is 5.97 Å². The largest absolute Gasteiger partial charge is 0.460 e. The van der Waals surface area contributed by atoms with E-state index in [9.17, 15) is 4.79 Å². The molecule has 0 amide bonds. The Kier molecular flexibility index (Phi) is 4.26. The summed E-state index contributed by atoms with van der Waals surface area (Å²) in [6.45, 7) is 2.78. The summed E-state index contributed by atoms with van der Waals surface area (Å²) >= 11 is 0. The Morgan fingerprint density at radius 1 is 1.75 bits per heavy atom. The van der Waals surface area contributed by atoms with E-state index >= 15 is 0 Å². The Hall–Kier alpha value is -0.570. The van der Waals surface area contributed by atoms with Gasteiger partial charge in [0.05, 0.1) is 7.05 Å². The second kappa shape index (κ2) is 4.59. The Morgan fingerprint density at radius 2 is 2.38 bits per heavy atom. The molecular weight excluding hydrogens is 106 g/mol. The van der Waals surface area contributed by atoms with Gasteiger partial charge < -0.3 is 10.1 Å². The SMILES string of the molecule is C[NH2+]CCOC(C)=O. The molecule has 3 heteroatoms. The van der Waals surface area contributed by atoms with Crippen LogP contribution in [0.25, 0.3) is 0 Å². The van der Waals surface area contributed by atoms with E-state index in [0.717, 1.165) is 6.54 Å². The monoisotopic (exact) mass is 118 g/mol. The Labute approximate surface area is 49.0 Å². The first-order valence-electron chi connectivity index (χ1n) is 2.68. The van der Waals surface area contributed by atoms with Gasteiger partial charge in [-0.15, -0.1) is 0 Å². The van der Waals surface area contributed by atoms with E-state index in [2.05, 4.69) is 4.74 Å². The molecule has 0 aliphatic rings. The number of ether oxygens (including phenoxy) is 1. The normalized spacial score (nSPS) is 8.75. The molecule has 0 saturated heterocycles. The van der Waals surface area contributed by atoms with Crippen molar-refractivity contribution in [3.05, 3.63) is 0 Å². The van der Waals surface area contributed by atoms with Gasteiger partial charge in [-0.05, 0) is 0 Å². The van der Waals surface area contributed by atoms with Crippen LogP contribution >= 0.6 is 0 Å². The van der Waals surface area contributed by atoms with Crippen molar-refractivity contribution in [3.63, 3.8) is 0 Å². The van der Waals surface area contributed by atoms with Crippen LogP contribution < -0.4 is 5.32 Å². The lowest BCUT2D eigenvalue weighted by molar-refractivity contribution is -0.628. The van der Waals surface area contributed by atoms with Crippen LogP contribution in [0.4, 0.5) is 0 Å². The fourth-order valence-electron chi connectivity index (χ4n) is 0.321. The van der Waals surface area contributed by atoms with Gasteiger partial charge in [0, 0.05) is 6.92 Å². The van der Waals surface area contributed by atoms with E-state index < -0.39 is 0 Å². The average Bonchev–Trinajstić information content (AvgIpc) is 1.66. The van der Waals surface area contributed by atoms with E-state index in [1.54, 1.807) is 0 Å². The van der Waals surface area contributed by atoms with Crippen LogP contribution in [0.15, 0.2) is 0 Å². The summed E-state index contributed by atoms with van der Waals surface area (Å²) in [5, 5.41) is 1.96. The number of nitrogens with two attached hydrogens (primary N) is 1. The number of quaternary nitrogens is 1. The molecule has 0 spiro atoms. The number of likely N-dealkylation sites (N-methyl/N-ethyl adjacent to an activating group) is 1. The predicted octanol–water partition coefficient (Wildman–Crippen LogP) is -1.26. The molecule has 0 heterocycles. The molecule has 0 aromatic rings. The van der Waals surface area contributed by atoms with Crippen molar-refractivity contribution in [2.45, 2.75) is 6.92 Å². The Morgan fingerprint density at radius 3 is 2.75 bits per heavy atom. The summed E-state index contributed by atoms with van der Waals surface area (Å²) in [4.78, 5) is 10.1. The summed E-state index contributed by atoms with van der Waals surface area (Å²) in [6.07, 6.45) is 0. The number of hydrogen-bond acceptors (Lipinski definition) is 2. The molecule has 48 valence electrons. The highest BCUT2D eigenvalue weighted by molar-refractivity contribution is 5.65. The third kappa shape index (κ3) is 5.43. The van der Waals surface area contributed by atoms with Gasteiger partial charge in [-0.1, -0.05) is 0 Å². The predicted molar refractivity (Wildman–Crippen MR) is 29.3 cm³/mol. The van der Waals surface area contributed by atoms with Crippen molar-refractivity contribution in [2.24, 2.45) is 0 Å². The first kappa shape index (κ1) is 7.43. The van der Waals surface area contributed by atoms with Crippen molar-refractivity contribution in [2.75, 3.05) is 20.2 Å². The average molecular weight is 118 g/mol. The third-order valence-electron chi connectivity index (χ3n) is 0.712. The quantitative estimate of drug-likeness (QED) is 0.371. The van der Waals surface area contributed by atoms with E-state index in [1.807, 2.05) is 12.4 Å². The number of hydrogen-bond donors (Lipinski definition) is 1. The van der Waals surface area contributed by atoms with Crippen LogP contribution in [0.5, 0.6) is 0 Å². The maximum Gasteiger partial charge on any atom is 0.302 e. The molecule has 0 aliphatic carbocycles. The van der Waals surface area contributed by atoms with Crippen LogP contribution in [-0.2, 0) is 9.53 Å². The smallest absolute Gasteiger partial charge is 0.302 e. The topological polar surface area (TPSA) is 42.9 Å². The lowest BCUT2D eigenvalue weighted by Gasteiger charge is -1.95. The van der Waals surface area contributed by atoms with E-state index in [4.69, 9.17) is 0 Å². The highest BCUT2D eigenvalue weighted by Gasteiger charge is 1.89. The van der Waals surface area contributed by atoms with Gasteiger partial charge in [0.25, 0.3) is 0 Å². The third-order valence-corrected chi connectivity index (χ3v) is 0.712. The maximum absolute atomic E-state index is 10.1. The molecular formula is C5H12NO2+. The summed E-state index contributed by atoms with van der Waals surface area (Å²) in [6, 6.07) is 0. The molecule has 3 nitrogen and oxygen atoms in total. The van der Waals surface area contributed by atoms with Crippen LogP contribution in [-0.4, -0.2) is 26.2 Å². The van der Waals surface area contributed by atoms with Gasteiger partial charge in [0.1, 0.15) is 13.2 Å². The summed E-state index contributed by atoms with van der Waals surface area (Å²) in [7, 11) is 1.93. The maximum atomic E-state index is 10.1. The lowest BCUT2D eigenvalue weighted by atomic mass is 10.7. The minimum Gasteiger partial charge on any atom is -0.460 e. The Balaban J connectivity index is 2.82. The summed E-state index contributed by atoms with van der Waals surface area (Å²) in [5.41, 5.74) is 0. The van der Waals surface area contributed by atoms with Gasteiger partial charge in [-0.25, -0.2) is 0 Å². The zero-order valence-corrected chi connectivity index (χ0v) is 5.31. The highest BCUT2D eigenvalue weighted by atomic mass is 16.5. The van der Waals surface area contributed by atoms with E-state index in [-0.39, 0.29) is 5.97 Å².